The first-order valence-corrected chi connectivity index (χ1v) is 12.5. The molecular weight excluding hydrogens is 454 g/mol. The zero-order chi connectivity index (χ0) is 24.7. The number of anilines is 2. The lowest BCUT2D eigenvalue weighted by Crippen LogP contribution is -2.45. The van der Waals surface area contributed by atoms with Crippen molar-refractivity contribution in [2.45, 2.75) is 20.0 Å². The Hall–Kier alpha value is -3.69. The van der Waals surface area contributed by atoms with E-state index in [-0.39, 0.29) is 0 Å². The zero-order valence-corrected chi connectivity index (χ0v) is 20.9. The number of nitrogens with zero attached hydrogens (tertiary/aromatic N) is 5. The Bertz CT molecular complexity index is 1270. The van der Waals surface area contributed by atoms with Crippen LogP contribution in [-0.4, -0.2) is 76.3 Å². The van der Waals surface area contributed by atoms with Crippen molar-refractivity contribution in [3.05, 3.63) is 66.2 Å². The highest BCUT2D eigenvalue weighted by Gasteiger charge is 2.16. The molecule has 1 saturated heterocycles. The number of piperazine rings is 1. The van der Waals surface area contributed by atoms with E-state index in [0.717, 1.165) is 78.4 Å². The third-order valence-corrected chi connectivity index (χ3v) is 6.50. The van der Waals surface area contributed by atoms with Crippen LogP contribution in [0.5, 0.6) is 11.6 Å². The summed E-state index contributed by atoms with van der Waals surface area (Å²) in [7, 11) is 2.17. The van der Waals surface area contributed by atoms with Gasteiger partial charge in [-0.15, -0.1) is 5.10 Å². The Labute approximate surface area is 211 Å². The second kappa shape index (κ2) is 11.4. The van der Waals surface area contributed by atoms with Gasteiger partial charge in [-0.05, 0) is 49.4 Å². The van der Waals surface area contributed by atoms with Gasteiger partial charge in [0, 0.05) is 44.6 Å². The van der Waals surface area contributed by atoms with E-state index in [9.17, 15) is 0 Å². The van der Waals surface area contributed by atoms with Crippen molar-refractivity contribution < 1.29 is 9.47 Å². The molecule has 0 radical (unpaired) electrons. The average Bonchev–Trinajstić information content (AvgIpc) is 3.33. The maximum absolute atomic E-state index is 6.11. The van der Waals surface area contributed by atoms with Crippen molar-refractivity contribution in [2.75, 3.05) is 51.7 Å². The fourth-order valence-electron chi connectivity index (χ4n) is 4.35. The summed E-state index contributed by atoms with van der Waals surface area (Å²) in [4.78, 5) is 13.5. The number of benzene rings is 1. The first-order chi connectivity index (χ1) is 17.7. The van der Waals surface area contributed by atoms with Crippen LogP contribution < -0.4 is 14.8 Å². The highest BCUT2D eigenvalue weighted by Crippen LogP contribution is 2.33. The van der Waals surface area contributed by atoms with Crippen LogP contribution in [0.4, 0.5) is 11.4 Å². The largest absolute Gasteiger partial charge is 0.487 e. The number of ether oxygens (including phenoxy) is 2. The first-order valence-electron chi connectivity index (χ1n) is 12.5. The summed E-state index contributed by atoms with van der Waals surface area (Å²) < 4.78 is 12.2. The maximum Gasteiger partial charge on any atom is 0.242 e. The number of aromatic nitrogens is 4. The van der Waals surface area contributed by atoms with E-state index < -0.39 is 0 Å². The number of nitrogens with one attached hydrogen (secondary N) is 2. The van der Waals surface area contributed by atoms with Crippen LogP contribution in [0, 0.1) is 0 Å². The molecule has 0 amide bonds. The Balaban J connectivity index is 1.27. The molecule has 9 heteroatoms. The zero-order valence-electron chi connectivity index (χ0n) is 20.9. The van der Waals surface area contributed by atoms with E-state index in [0.29, 0.717) is 19.1 Å². The van der Waals surface area contributed by atoms with E-state index in [2.05, 4.69) is 55.3 Å². The van der Waals surface area contributed by atoms with Crippen LogP contribution in [0.25, 0.3) is 10.9 Å². The fourth-order valence-corrected chi connectivity index (χ4v) is 4.35. The summed E-state index contributed by atoms with van der Waals surface area (Å²) in [6.07, 6.45) is 6.21. The lowest BCUT2D eigenvalue weighted by Gasteiger charge is -2.32. The van der Waals surface area contributed by atoms with Gasteiger partial charge in [-0.25, -0.2) is 0 Å². The standard InChI is InChI=1S/C27H33N7O2/c1-3-20-16-21(7-8-25(20)36-19-22-6-4-5-9-29-22)30-23-17-28-18-24-26(23)27(32-31-24)35-15-14-34-12-10-33(2)11-13-34/h4-9,16-18,30H,3,10-15,19H2,1-2H3,(H,31,32). The molecule has 9 nitrogen and oxygen atoms in total. The van der Waals surface area contributed by atoms with Crippen molar-refractivity contribution in [3.8, 4) is 11.6 Å². The Morgan fingerprint density at radius 2 is 1.94 bits per heavy atom. The summed E-state index contributed by atoms with van der Waals surface area (Å²) in [6.45, 7) is 8.36. The van der Waals surface area contributed by atoms with E-state index in [4.69, 9.17) is 9.47 Å². The Kier molecular flexibility index (Phi) is 7.58. The number of aromatic amines is 1. The molecule has 1 aliphatic rings. The smallest absolute Gasteiger partial charge is 0.242 e. The molecule has 1 fully saturated rings. The summed E-state index contributed by atoms with van der Waals surface area (Å²) in [5.74, 6) is 1.45. The second-order valence-electron chi connectivity index (χ2n) is 9.04. The number of hydrogen-bond acceptors (Lipinski definition) is 8. The minimum atomic E-state index is 0.438. The predicted molar refractivity (Wildman–Crippen MR) is 141 cm³/mol. The number of fused-ring (bicyclic) bond motifs is 1. The van der Waals surface area contributed by atoms with Crippen LogP contribution in [-0.2, 0) is 13.0 Å². The van der Waals surface area contributed by atoms with Crippen LogP contribution in [0.1, 0.15) is 18.2 Å². The highest BCUT2D eigenvalue weighted by atomic mass is 16.5. The van der Waals surface area contributed by atoms with E-state index >= 15 is 0 Å². The molecule has 1 aromatic carbocycles. The Morgan fingerprint density at radius 3 is 2.75 bits per heavy atom. The molecule has 3 aromatic heterocycles. The number of H-pyrrole nitrogens is 1. The van der Waals surface area contributed by atoms with E-state index in [1.165, 1.54) is 0 Å². The van der Waals surface area contributed by atoms with Crippen LogP contribution in [0.2, 0.25) is 0 Å². The number of hydrogen-bond donors (Lipinski definition) is 2. The normalized spacial score (nSPS) is 14.7. The molecule has 4 heterocycles. The average molecular weight is 488 g/mol. The van der Waals surface area contributed by atoms with Gasteiger partial charge in [-0.3, -0.25) is 20.0 Å². The number of rotatable bonds is 10. The molecule has 0 aliphatic carbocycles. The second-order valence-corrected chi connectivity index (χ2v) is 9.04. The molecule has 2 N–H and O–H groups in total. The van der Waals surface area contributed by atoms with Crippen molar-refractivity contribution >= 4 is 22.3 Å². The monoisotopic (exact) mass is 487 g/mol. The van der Waals surface area contributed by atoms with E-state index in [1.54, 1.807) is 12.4 Å². The quantitative estimate of drug-likeness (QED) is 0.348. The molecule has 0 atom stereocenters. The molecule has 5 rings (SSSR count). The molecular formula is C27H33N7O2. The van der Waals surface area contributed by atoms with Crippen molar-refractivity contribution in [3.63, 3.8) is 0 Å². The van der Waals surface area contributed by atoms with Crippen molar-refractivity contribution in [2.24, 2.45) is 0 Å². The van der Waals surface area contributed by atoms with Crippen LogP contribution in [0.15, 0.2) is 55.0 Å². The molecule has 0 unspecified atom stereocenters. The number of likely N-dealkylation sites (N-methyl/N-ethyl adjacent to an activating group) is 1. The molecule has 0 bridgehead atoms. The predicted octanol–water partition coefficient (Wildman–Crippen LogP) is 3.86. The van der Waals surface area contributed by atoms with E-state index in [1.807, 2.05) is 36.5 Å². The molecule has 36 heavy (non-hydrogen) atoms. The highest BCUT2D eigenvalue weighted by molar-refractivity contribution is 5.96. The van der Waals surface area contributed by atoms with Gasteiger partial charge < -0.3 is 19.7 Å². The van der Waals surface area contributed by atoms with Crippen molar-refractivity contribution in [1.82, 2.24) is 30.0 Å². The molecule has 1 aliphatic heterocycles. The van der Waals surface area contributed by atoms with Gasteiger partial charge in [0.05, 0.1) is 34.7 Å². The third kappa shape index (κ3) is 5.75. The summed E-state index contributed by atoms with van der Waals surface area (Å²) in [5.41, 5.74) is 4.66. The van der Waals surface area contributed by atoms with Gasteiger partial charge >= 0.3 is 0 Å². The SMILES string of the molecule is CCc1cc(Nc2cncc3[nH]nc(OCCN4CCN(C)CC4)c23)ccc1OCc1ccccn1. The number of aryl methyl sites for hydroxylation is 1. The van der Waals surface area contributed by atoms with Crippen LogP contribution in [0.3, 0.4) is 0 Å². The Morgan fingerprint density at radius 1 is 1.06 bits per heavy atom. The summed E-state index contributed by atoms with van der Waals surface area (Å²) in [5, 5.41) is 11.9. The number of pyridine rings is 2. The topological polar surface area (TPSA) is 91.4 Å². The summed E-state index contributed by atoms with van der Waals surface area (Å²) in [6, 6.07) is 12.0. The van der Waals surface area contributed by atoms with Gasteiger partial charge in [0.25, 0.3) is 0 Å². The first kappa shape index (κ1) is 24.0. The van der Waals surface area contributed by atoms with Crippen molar-refractivity contribution in [1.29, 1.82) is 0 Å². The lowest BCUT2D eigenvalue weighted by atomic mass is 10.1. The maximum atomic E-state index is 6.11. The molecule has 0 spiro atoms. The molecule has 0 saturated carbocycles. The summed E-state index contributed by atoms with van der Waals surface area (Å²) >= 11 is 0. The van der Waals surface area contributed by atoms with Crippen LogP contribution >= 0.6 is 0 Å². The molecule has 188 valence electrons. The minimum Gasteiger partial charge on any atom is -0.487 e. The third-order valence-electron chi connectivity index (χ3n) is 6.50. The fraction of sp³-hybridized carbons (Fsp3) is 0.370. The van der Waals surface area contributed by atoms with Gasteiger partial charge in [-0.1, -0.05) is 13.0 Å². The minimum absolute atomic E-state index is 0.438. The van der Waals surface area contributed by atoms with Gasteiger partial charge in [0.15, 0.2) is 0 Å². The van der Waals surface area contributed by atoms with Gasteiger partial charge in [-0.2, -0.15) is 0 Å². The van der Waals surface area contributed by atoms with Gasteiger partial charge in [0.2, 0.25) is 5.88 Å². The van der Waals surface area contributed by atoms with Gasteiger partial charge in [0.1, 0.15) is 19.0 Å². The lowest BCUT2D eigenvalue weighted by molar-refractivity contribution is 0.133. The molecule has 4 aromatic rings.